The molecule has 11 aromatic rings. The van der Waals surface area contributed by atoms with Gasteiger partial charge in [-0.3, -0.25) is 15.1 Å². The van der Waals surface area contributed by atoms with Crippen molar-refractivity contribution in [1.82, 2.24) is 4.98 Å². The van der Waals surface area contributed by atoms with Crippen molar-refractivity contribution < 1.29 is 13.7 Å². The van der Waals surface area contributed by atoms with Gasteiger partial charge in [0.15, 0.2) is 0 Å². The van der Waals surface area contributed by atoms with E-state index in [4.69, 9.17) is 28.8 Å². The second-order valence-corrected chi connectivity index (χ2v) is 43.8. The molecule has 0 aliphatic rings. The van der Waals surface area contributed by atoms with Gasteiger partial charge in [0.05, 0.1) is 27.6 Å². The second kappa shape index (κ2) is 45.9. The van der Waals surface area contributed by atoms with Crippen LogP contribution < -0.4 is 0 Å². The summed E-state index contributed by atoms with van der Waals surface area (Å²) in [5.41, 5.74) is 35.0. The van der Waals surface area contributed by atoms with Crippen LogP contribution in [0.25, 0.3) is 32.1 Å². The van der Waals surface area contributed by atoms with Crippen molar-refractivity contribution in [2.75, 3.05) is 0 Å². The fourth-order valence-corrected chi connectivity index (χ4v) is 16.5. The zero-order valence-corrected chi connectivity index (χ0v) is 85.4. The Bertz CT molecular complexity index is 5320. The minimum absolute atomic E-state index is 0. The molecule has 11 rings (SSSR count). The monoisotopic (exact) mass is 1910 g/mol. The van der Waals surface area contributed by atoms with Crippen LogP contribution in [0.3, 0.4) is 0 Å². The number of nitriles is 1. The number of non-ortho nitro benzene ring substituents is 1. The van der Waals surface area contributed by atoms with Crippen molar-refractivity contribution in [3.8, 4) is 18.4 Å². The zero-order chi connectivity index (χ0) is 93.7. The number of nitrogens with zero attached hydrogens (tertiary/aromatic N) is 6. The highest BCUT2D eigenvalue weighted by Gasteiger charge is 2.25. The molecule has 0 bridgehead atoms. The number of fused-ring (bicyclic) bond motifs is 2. The lowest BCUT2D eigenvalue weighted by atomic mass is 9.83. The van der Waals surface area contributed by atoms with E-state index in [2.05, 4.69) is 350 Å². The Labute approximate surface area is 774 Å². The van der Waals surface area contributed by atoms with Crippen molar-refractivity contribution in [1.29, 1.82) is 5.26 Å². The van der Waals surface area contributed by atoms with Crippen LogP contribution in [-0.2, 0) is 48.7 Å². The van der Waals surface area contributed by atoms with Gasteiger partial charge in [-0.25, -0.2) is 8.78 Å². The van der Waals surface area contributed by atoms with E-state index in [1.165, 1.54) is 92.1 Å². The predicted molar refractivity (Wildman–Crippen MR) is 547 cm³/mol. The van der Waals surface area contributed by atoms with E-state index in [0.29, 0.717) is 14.8 Å². The van der Waals surface area contributed by atoms with Crippen molar-refractivity contribution in [2.45, 2.75) is 305 Å². The molecule has 0 aliphatic heterocycles. The Morgan fingerprint density at radius 3 is 1.17 bits per heavy atom. The molecule has 1 heterocycles. The standard InChI is InChI=1S/C15H18.C14H17N.C13H15F.C12H15N.C11H15Cl.C11H14FI.C11H15I.C11H15N3.C11H15NO2.CH4/c1-11-9-12-7-5-6-8-13(12)10-14(11)15(2,3)4;1-10-8-13-11(6-5-7-15-13)9-12(10)14(2,3)4;1-6-10-7-9(2)11(8-12(10)14)13(3,4)5;1-9-7-10(8-13)5-6-11(9)12(2,3)4;1-8-7-9(12)5-6-10(8)11(2,3)4;1-7-5-10(13)9(12)6-8(7)11(2,3)4;1-8-7-9(12)5-6-10(8)11(2,3)4;1-8-7-9(13-14-12)5-6-10(8)11(2,3)4;1-8-7-9(12(13)14)5-6-10(8)11(2,3)4;/h5-10H,1-4H3;5-9H,1-4H3;1,7-8H,2-5H3;5-7H,1-4H3;5-7H,1-4H3;5-6H,1-4H3;5-7H,1-4H3;2*5-7H,1-4H3;1H4. The third kappa shape index (κ3) is 35.3. The number of hydrogen-bond donors (Lipinski definition) is 0. The smallest absolute Gasteiger partial charge is 0.258 e. The molecule has 0 saturated carbocycles. The lowest BCUT2D eigenvalue weighted by Crippen LogP contribution is -2.13. The van der Waals surface area contributed by atoms with Crippen LogP contribution in [0.4, 0.5) is 20.2 Å². The first-order valence-electron chi connectivity index (χ1n) is 41.7. The molecule has 0 N–H and O–H groups in total. The Balaban J connectivity index is 0.000000469. The van der Waals surface area contributed by atoms with Gasteiger partial charge in [-0.1, -0.05) is 296 Å². The van der Waals surface area contributed by atoms with Gasteiger partial charge >= 0.3 is 0 Å². The van der Waals surface area contributed by atoms with Gasteiger partial charge in [-0.2, -0.15) is 5.26 Å². The molecule has 123 heavy (non-hydrogen) atoms. The largest absolute Gasteiger partial charge is 0.269 e. The van der Waals surface area contributed by atoms with E-state index in [1.807, 2.05) is 123 Å². The summed E-state index contributed by atoms with van der Waals surface area (Å²) in [7, 11) is 0. The summed E-state index contributed by atoms with van der Waals surface area (Å²) in [5.74, 6) is 1.92. The lowest BCUT2D eigenvalue weighted by Gasteiger charge is -2.22. The van der Waals surface area contributed by atoms with Crippen LogP contribution in [0.1, 0.15) is 306 Å². The number of rotatable bonds is 2. The van der Waals surface area contributed by atoms with Crippen LogP contribution in [0.15, 0.2) is 187 Å². The first kappa shape index (κ1) is 110. The Kier molecular flexibility index (Phi) is 41.2. The molecule has 8 nitrogen and oxygen atoms in total. The number of aryl methyl sites for hydroxylation is 9. The van der Waals surface area contributed by atoms with E-state index in [1.54, 1.807) is 30.3 Å². The van der Waals surface area contributed by atoms with Crippen LogP contribution in [0, 0.1) is 115 Å². The van der Waals surface area contributed by atoms with E-state index in [0.717, 1.165) is 43.9 Å². The predicted octanol–water partition coefficient (Wildman–Crippen LogP) is 34.8. The third-order valence-corrected chi connectivity index (χ3v) is 22.3. The number of halogens is 5. The number of nitro benzene ring substituents is 1. The van der Waals surface area contributed by atoms with E-state index >= 15 is 0 Å². The highest BCUT2D eigenvalue weighted by molar-refractivity contribution is 14.1. The molecule has 0 atom stereocenters. The molecule has 0 aliphatic carbocycles. The molecule has 0 spiro atoms. The highest BCUT2D eigenvalue weighted by Crippen LogP contribution is 2.36. The van der Waals surface area contributed by atoms with Crippen LogP contribution in [-0.4, -0.2) is 9.91 Å². The molecule has 10 aromatic carbocycles. The molecule has 13 heteroatoms. The van der Waals surface area contributed by atoms with Gasteiger partial charge in [0.2, 0.25) is 0 Å². The quantitative estimate of drug-likeness (QED) is 0.0325. The first-order valence-corrected chi connectivity index (χ1v) is 44.3. The molecule has 0 fully saturated rings. The van der Waals surface area contributed by atoms with E-state index < -0.39 is 0 Å². The maximum absolute atomic E-state index is 13.4. The highest BCUT2D eigenvalue weighted by atomic mass is 127. The van der Waals surface area contributed by atoms with Gasteiger partial charge in [0.25, 0.3) is 5.69 Å². The van der Waals surface area contributed by atoms with Crippen molar-refractivity contribution in [3.63, 3.8) is 0 Å². The number of hydrogen-bond acceptors (Lipinski definition) is 5. The second-order valence-electron chi connectivity index (χ2n) is 41.0. The minimum Gasteiger partial charge on any atom is -0.258 e. The number of nitro groups is 1. The summed E-state index contributed by atoms with van der Waals surface area (Å²) in [6.45, 7) is 77.4. The third-order valence-electron chi connectivity index (χ3n) is 20.6. The van der Waals surface area contributed by atoms with E-state index in [9.17, 15) is 18.9 Å². The number of aromatic nitrogens is 1. The average Bonchev–Trinajstić information content (AvgIpc) is 0.802. The van der Waals surface area contributed by atoms with Gasteiger partial charge in [-0.15, -0.1) is 6.42 Å². The van der Waals surface area contributed by atoms with Gasteiger partial charge in [0, 0.05) is 46.5 Å². The average molecular weight is 1910 g/mol. The first-order chi connectivity index (χ1) is 55.7. The van der Waals surface area contributed by atoms with Crippen molar-refractivity contribution in [3.05, 3.63) is 338 Å². The fraction of sp³-hybridized carbons (Fsp3) is 0.418. The molecular weight excluding hydrogens is 1760 g/mol. The maximum Gasteiger partial charge on any atom is 0.269 e. The number of pyridine rings is 1. The molecule has 0 amide bonds. The summed E-state index contributed by atoms with van der Waals surface area (Å²) in [6.07, 6.45) is 7.03. The molecule has 660 valence electrons. The van der Waals surface area contributed by atoms with Crippen molar-refractivity contribution >= 4 is 89.8 Å². The molecule has 0 unspecified atom stereocenters. The zero-order valence-electron chi connectivity index (χ0n) is 80.3. The van der Waals surface area contributed by atoms with Crippen LogP contribution in [0.2, 0.25) is 5.02 Å². The molecular formula is C110H143ClF2I2N6O2. The van der Waals surface area contributed by atoms with Gasteiger partial charge < -0.3 is 0 Å². The Morgan fingerprint density at radius 2 is 0.764 bits per heavy atom. The SMILES string of the molecule is C.C#Cc1cc(C)c(C(C)(C)C)cc1F.Cc1cc(C#N)ccc1C(C)(C)C.Cc1cc(Cl)ccc1C(C)(C)C.Cc1cc(I)c(F)cc1C(C)(C)C.Cc1cc(I)ccc1C(C)(C)C.Cc1cc(N=[N+]=[N-])ccc1C(C)(C)C.Cc1cc([N+](=O)[O-])ccc1C(C)(C)C.Cc1cc2ccccc2cc1C(C)(C)C.Cc1cc2ncccc2cc1C(C)(C)C. The summed E-state index contributed by atoms with van der Waals surface area (Å²) < 4.78 is 28.7. The Hall–Kier alpha value is -8.76. The van der Waals surface area contributed by atoms with Crippen molar-refractivity contribution in [2.24, 2.45) is 5.11 Å². The minimum atomic E-state index is -0.362. The summed E-state index contributed by atoms with van der Waals surface area (Å²) in [5, 5.41) is 27.5. The summed E-state index contributed by atoms with van der Waals surface area (Å²) in [6, 6.07) is 60.1. The number of terminal acetylenes is 1. The molecule has 0 saturated heterocycles. The molecule has 1 aromatic heterocycles. The van der Waals surface area contributed by atoms with Crippen LogP contribution >= 0.6 is 56.8 Å². The number of benzene rings is 10. The lowest BCUT2D eigenvalue weighted by molar-refractivity contribution is -0.384. The van der Waals surface area contributed by atoms with Crippen LogP contribution in [0.5, 0.6) is 0 Å². The Morgan fingerprint density at radius 1 is 0.415 bits per heavy atom. The fourth-order valence-electron chi connectivity index (χ4n) is 15.0. The van der Waals surface area contributed by atoms with Gasteiger partial charge in [-0.05, 0) is 358 Å². The topological polar surface area (TPSA) is 129 Å². The summed E-state index contributed by atoms with van der Waals surface area (Å²) >= 11 is 10.2. The molecule has 0 radical (unpaired) electrons. The maximum atomic E-state index is 13.4. The number of azide groups is 1. The van der Waals surface area contributed by atoms with E-state index in [-0.39, 0.29) is 78.4 Å². The normalized spacial score (nSPS) is 11.4. The summed E-state index contributed by atoms with van der Waals surface area (Å²) in [4.78, 5) is 17.3. The van der Waals surface area contributed by atoms with Gasteiger partial charge in [0.1, 0.15) is 11.6 Å².